The zero-order valence-electron chi connectivity index (χ0n) is 14.5. The van der Waals surface area contributed by atoms with E-state index in [0.717, 1.165) is 36.0 Å². The van der Waals surface area contributed by atoms with Crippen molar-refractivity contribution < 1.29 is 14.0 Å². The normalized spacial score (nSPS) is 15.4. The molecule has 1 aromatic carbocycles. The predicted molar refractivity (Wildman–Crippen MR) is 96.1 cm³/mol. The van der Waals surface area contributed by atoms with Gasteiger partial charge in [0, 0.05) is 24.4 Å². The van der Waals surface area contributed by atoms with Crippen molar-refractivity contribution in [3.05, 3.63) is 36.1 Å². The maximum absolute atomic E-state index is 12.0. The van der Waals surface area contributed by atoms with Crippen molar-refractivity contribution in [1.82, 2.24) is 16.0 Å². The highest BCUT2D eigenvalue weighted by atomic mass is 16.3. The summed E-state index contributed by atoms with van der Waals surface area (Å²) >= 11 is 0. The van der Waals surface area contributed by atoms with Crippen LogP contribution < -0.4 is 16.0 Å². The predicted octanol–water partition coefficient (Wildman–Crippen LogP) is 3.10. The third-order valence-electron chi connectivity index (χ3n) is 4.63. The van der Waals surface area contributed by atoms with Gasteiger partial charge in [-0.2, -0.15) is 0 Å². The highest BCUT2D eigenvalue weighted by Gasteiger charge is 2.24. The SMILES string of the molecule is C[C@@H](NC(=O)NCCCNC(=O)C1CCC1)c1cc2ccccc2o1. The van der Waals surface area contributed by atoms with Crippen molar-refractivity contribution >= 4 is 22.9 Å². The fourth-order valence-electron chi connectivity index (χ4n) is 2.85. The van der Waals surface area contributed by atoms with Gasteiger partial charge in [0.25, 0.3) is 0 Å². The summed E-state index contributed by atoms with van der Waals surface area (Å²) in [5.74, 6) is 1.08. The molecule has 6 nitrogen and oxygen atoms in total. The second-order valence-electron chi connectivity index (χ2n) is 6.58. The first-order valence-electron chi connectivity index (χ1n) is 8.94. The molecule has 1 atom stereocenters. The Morgan fingerprint density at radius 1 is 1.20 bits per heavy atom. The van der Waals surface area contributed by atoms with Crippen molar-refractivity contribution in [2.75, 3.05) is 13.1 Å². The summed E-state index contributed by atoms with van der Waals surface area (Å²) in [5.41, 5.74) is 0.814. The Morgan fingerprint density at radius 2 is 1.96 bits per heavy atom. The van der Waals surface area contributed by atoms with E-state index in [4.69, 9.17) is 4.42 Å². The van der Waals surface area contributed by atoms with Crippen molar-refractivity contribution in [2.24, 2.45) is 5.92 Å². The Balaban J connectivity index is 1.34. The molecule has 3 amide bonds. The van der Waals surface area contributed by atoms with Crippen LogP contribution in [0.2, 0.25) is 0 Å². The molecule has 1 aliphatic carbocycles. The van der Waals surface area contributed by atoms with Gasteiger partial charge in [-0.3, -0.25) is 4.79 Å². The highest BCUT2D eigenvalue weighted by Crippen LogP contribution is 2.26. The molecule has 2 aromatic rings. The van der Waals surface area contributed by atoms with Gasteiger partial charge in [-0.05, 0) is 38.3 Å². The first-order chi connectivity index (χ1) is 12.1. The van der Waals surface area contributed by atoms with E-state index in [-0.39, 0.29) is 23.9 Å². The Labute approximate surface area is 147 Å². The van der Waals surface area contributed by atoms with Crippen LogP contribution in [0.15, 0.2) is 34.7 Å². The summed E-state index contributed by atoms with van der Waals surface area (Å²) < 4.78 is 5.75. The zero-order chi connectivity index (χ0) is 17.6. The van der Waals surface area contributed by atoms with Crippen LogP contribution in [-0.4, -0.2) is 25.0 Å². The van der Waals surface area contributed by atoms with Gasteiger partial charge in [0.2, 0.25) is 5.91 Å². The van der Waals surface area contributed by atoms with Crippen LogP contribution in [0.3, 0.4) is 0 Å². The average molecular weight is 343 g/mol. The van der Waals surface area contributed by atoms with Gasteiger partial charge < -0.3 is 20.4 Å². The lowest BCUT2D eigenvalue weighted by molar-refractivity contribution is -0.127. The van der Waals surface area contributed by atoms with E-state index >= 15 is 0 Å². The van der Waals surface area contributed by atoms with Crippen molar-refractivity contribution in [3.8, 4) is 0 Å². The van der Waals surface area contributed by atoms with Gasteiger partial charge >= 0.3 is 6.03 Å². The molecule has 0 unspecified atom stereocenters. The zero-order valence-corrected chi connectivity index (χ0v) is 14.5. The van der Waals surface area contributed by atoms with Crippen LogP contribution in [0.1, 0.15) is 44.4 Å². The number of benzene rings is 1. The quantitative estimate of drug-likeness (QED) is 0.676. The number of carbonyl (C=O) groups excluding carboxylic acids is 2. The average Bonchev–Trinajstić information content (AvgIpc) is 2.97. The molecule has 25 heavy (non-hydrogen) atoms. The first-order valence-corrected chi connectivity index (χ1v) is 8.94. The van der Waals surface area contributed by atoms with Gasteiger partial charge in [0.1, 0.15) is 11.3 Å². The molecule has 0 saturated heterocycles. The summed E-state index contributed by atoms with van der Waals surface area (Å²) in [5, 5.41) is 9.60. The molecule has 0 spiro atoms. The van der Waals surface area contributed by atoms with Crippen molar-refractivity contribution in [2.45, 2.75) is 38.6 Å². The number of amides is 3. The van der Waals surface area contributed by atoms with E-state index in [9.17, 15) is 9.59 Å². The van der Waals surface area contributed by atoms with Gasteiger partial charge in [0.15, 0.2) is 0 Å². The van der Waals surface area contributed by atoms with E-state index in [1.54, 1.807) is 0 Å². The molecule has 0 radical (unpaired) electrons. The molecule has 1 fully saturated rings. The number of carbonyl (C=O) groups is 2. The van der Waals surface area contributed by atoms with Crippen LogP contribution in [0, 0.1) is 5.92 Å². The van der Waals surface area contributed by atoms with E-state index in [1.165, 1.54) is 0 Å². The molecule has 0 bridgehead atoms. The van der Waals surface area contributed by atoms with Crippen molar-refractivity contribution in [1.29, 1.82) is 0 Å². The largest absolute Gasteiger partial charge is 0.459 e. The summed E-state index contributed by atoms with van der Waals surface area (Å²) in [6, 6.07) is 9.25. The minimum Gasteiger partial charge on any atom is -0.459 e. The molecular formula is C19H25N3O3. The number of furan rings is 1. The van der Waals surface area contributed by atoms with Crippen LogP contribution >= 0.6 is 0 Å². The number of hydrogen-bond donors (Lipinski definition) is 3. The molecule has 1 heterocycles. The summed E-state index contributed by atoms with van der Waals surface area (Å²) in [6.07, 6.45) is 3.88. The summed E-state index contributed by atoms with van der Waals surface area (Å²) in [4.78, 5) is 23.6. The van der Waals surface area contributed by atoms with E-state index in [0.29, 0.717) is 19.5 Å². The van der Waals surface area contributed by atoms with E-state index < -0.39 is 0 Å². The second-order valence-corrected chi connectivity index (χ2v) is 6.58. The molecule has 0 aliphatic heterocycles. The topological polar surface area (TPSA) is 83.4 Å². The third kappa shape index (κ3) is 4.53. The standard InChI is InChI=1S/C19H25N3O3/c1-13(17-12-15-6-2-3-9-16(15)25-17)22-19(24)21-11-5-10-20-18(23)14-7-4-8-14/h2-3,6,9,12-14H,4-5,7-8,10-11H2,1H3,(H,20,23)(H2,21,22,24)/t13-/m1/s1. The van der Waals surface area contributed by atoms with Crippen LogP contribution in [0.25, 0.3) is 11.0 Å². The minimum absolute atomic E-state index is 0.147. The molecular weight excluding hydrogens is 318 g/mol. The van der Waals surface area contributed by atoms with Gasteiger partial charge in [-0.1, -0.05) is 24.6 Å². The number of nitrogens with one attached hydrogen (secondary N) is 3. The summed E-state index contributed by atoms with van der Waals surface area (Å²) in [6.45, 7) is 2.99. The lowest BCUT2D eigenvalue weighted by atomic mass is 9.85. The van der Waals surface area contributed by atoms with Crippen LogP contribution in [-0.2, 0) is 4.79 Å². The van der Waals surface area contributed by atoms with Crippen molar-refractivity contribution in [3.63, 3.8) is 0 Å². The Kier molecular flexibility index (Phi) is 5.58. The highest BCUT2D eigenvalue weighted by molar-refractivity contribution is 5.79. The van der Waals surface area contributed by atoms with Crippen LogP contribution in [0.4, 0.5) is 4.79 Å². The lowest BCUT2D eigenvalue weighted by Crippen LogP contribution is -2.39. The molecule has 6 heteroatoms. The Morgan fingerprint density at radius 3 is 2.68 bits per heavy atom. The smallest absolute Gasteiger partial charge is 0.315 e. The van der Waals surface area contributed by atoms with Crippen LogP contribution in [0.5, 0.6) is 0 Å². The molecule has 134 valence electrons. The number of hydrogen-bond acceptors (Lipinski definition) is 3. The van der Waals surface area contributed by atoms with Gasteiger partial charge in [-0.25, -0.2) is 4.79 Å². The fourth-order valence-corrected chi connectivity index (χ4v) is 2.85. The lowest BCUT2D eigenvalue weighted by Gasteiger charge is -2.24. The summed E-state index contributed by atoms with van der Waals surface area (Å²) in [7, 11) is 0. The number of fused-ring (bicyclic) bond motifs is 1. The number of rotatable bonds is 7. The Bertz CT molecular complexity index is 703. The monoisotopic (exact) mass is 343 g/mol. The third-order valence-corrected chi connectivity index (χ3v) is 4.63. The maximum Gasteiger partial charge on any atom is 0.315 e. The first kappa shape index (κ1) is 17.3. The van der Waals surface area contributed by atoms with E-state index in [2.05, 4.69) is 16.0 Å². The van der Waals surface area contributed by atoms with Gasteiger partial charge in [-0.15, -0.1) is 0 Å². The molecule has 1 aliphatic rings. The fraction of sp³-hybridized carbons (Fsp3) is 0.474. The Hall–Kier alpha value is -2.50. The van der Waals surface area contributed by atoms with Gasteiger partial charge in [0.05, 0.1) is 6.04 Å². The van der Waals surface area contributed by atoms with E-state index in [1.807, 2.05) is 37.3 Å². The second kappa shape index (κ2) is 8.05. The molecule has 1 saturated carbocycles. The molecule has 3 rings (SSSR count). The number of para-hydroxylation sites is 1. The number of urea groups is 1. The molecule has 1 aromatic heterocycles. The maximum atomic E-state index is 12.0. The minimum atomic E-state index is -0.238. The molecule has 3 N–H and O–H groups in total.